The van der Waals surface area contributed by atoms with Crippen LogP contribution in [0.5, 0.6) is 5.75 Å². The average Bonchev–Trinajstić information content (AvgIpc) is 2.54. The molecule has 0 aliphatic carbocycles. The Hall–Kier alpha value is -3.15. The van der Waals surface area contributed by atoms with Gasteiger partial charge in [-0.15, -0.1) is 0 Å². The first kappa shape index (κ1) is 15.2. The smallest absolute Gasteiger partial charge is 0.269 e. The molecule has 22 heavy (non-hydrogen) atoms. The lowest BCUT2D eigenvalue weighted by Gasteiger charge is -2.06. The van der Waals surface area contributed by atoms with E-state index in [0.29, 0.717) is 23.6 Å². The Morgan fingerprint density at radius 2 is 1.82 bits per heavy atom. The largest absolute Gasteiger partial charge is 0.490 e. The fourth-order valence-corrected chi connectivity index (χ4v) is 1.73. The minimum atomic E-state index is -0.492. The minimum absolute atomic E-state index is 0.0262. The predicted octanol–water partition coefficient (Wildman–Crippen LogP) is 3.41. The zero-order chi connectivity index (χ0) is 15.9. The van der Waals surface area contributed by atoms with Gasteiger partial charge in [0.1, 0.15) is 12.4 Å². The van der Waals surface area contributed by atoms with E-state index in [4.69, 9.17) is 4.74 Å². The Kier molecular flexibility index (Phi) is 4.87. The van der Waals surface area contributed by atoms with Crippen molar-refractivity contribution in [3.8, 4) is 5.75 Å². The zero-order valence-electron chi connectivity index (χ0n) is 11.7. The molecule has 6 heteroatoms. The molecule has 1 amide bonds. The number of nitro benzene ring substituents is 1. The van der Waals surface area contributed by atoms with E-state index in [-0.39, 0.29) is 11.6 Å². The molecule has 0 saturated heterocycles. The lowest BCUT2D eigenvalue weighted by atomic mass is 10.2. The summed E-state index contributed by atoms with van der Waals surface area (Å²) in [6.07, 6.45) is 1.63. The van der Waals surface area contributed by atoms with Crippen LogP contribution in [-0.2, 0) is 0 Å². The van der Waals surface area contributed by atoms with Crippen molar-refractivity contribution >= 4 is 17.3 Å². The fourth-order valence-electron chi connectivity index (χ4n) is 1.73. The number of hydrogen-bond acceptors (Lipinski definition) is 4. The van der Waals surface area contributed by atoms with Crippen molar-refractivity contribution in [2.24, 2.45) is 0 Å². The standard InChI is InChI=1S/C16H14N2O4/c1-2-11-22-15-9-3-12(4-10-15)16(19)17-13-5-7-14(8-6-13)18(20)21/h2-10H,1,11H2,(H,17,19). The fraction of sp³-hybridized carbons (Fsp3) is 0.0625. The topological polar surface area (TPSA) is 81.5 Å². The lowest BCUT2D eigenvalue weighted by molar-refractivity contribution is -0.384. The van der Waals surface area contributed by atoms with Gasteiger partial charge in [0.25, 0.3) is 11.6 Å². The number of carbonyl (C=O) groups excluding carboxylic acids is 1. The highest BCUT2D eigenvalue weighted by molar-refractivity contribution is 6.04. The van der Waals surface area contributed by atoms with Crippen molar-refractivity contribution in [3.05, 3.63) is 76.9 Å². The second-order valence-electron chi connectivity index (χ2n) is 4.38. The molecule has 0 unspecified atom stereocenters. The normalized spacial score (nSPS) is 9.82. The summed E-state index contributed by atoms with van der Waals surface area (Å²) < 4.78 is 5.33. The van der Waals surface area contributed by atoms with Gasteiger partial charge in [0.15, 0.2) is 0 Å². The third-order valence-corrected chi connectivity index (χ3v) is 2.82. The van der Waals surface area contributed by atoms with Crippen molar-refractivity contribution in [1.82, 2.24) is 0 Å². The summed E-state index contributed by atoms with van der Waals surface area (Å²) in [5.74, 6) is 0.343. The highest BCUT2D eigenvalue weighted by atomic mass is 16.6. The summed E-state index contributed by atoms with van der Waals surface area (Å²) in [5.41, 5.74) is 0.925. The molecule has 0 fully saturated rings. The molecule has 2 rings (SSSR count). The Bertz CT molecular complexity index is 678. The maximum absolute atomic E-state index is 12.1. The molecule has 0 bridgehead atoms. The van der Waals surface area contributed by atoms with Crippen LogP contribution in [0.4, 0.5) is 11.4 Å². The molecule has 0 aliphatic heterocycles. The molecule has 6 nitrogen and oxygen atoms in total. The Balaban J connectivity index is 2.02. The van der Waals surface area contributed by atoms with E-state index in [1.807, 2.05) is 0 Å². The molecular weight excluding hydrogens is 284 g/mol. The number of ether oxygens (including phenoxy) is 1. The summed E-state index contributed by atoms with van der Waals surface area (Å²) in [6.45, 7) is 3.95. The van der Waals surface area contributed by atoms with E-state index < -0.39 is 4.92 Å². The summed E-state index contributed by atoms with van der Waals surface area (Å²) in [7, 11) is 0. The molecule has 0 atom stereocenters. The average molecular weight is 298 g/mol. The van der Waals surface area contributed by atoms with Gasteiger partial charge in [-0.2, -0.15) is 0 Å². The monoisotopic (exact) mass is 298 g/mol. The van der Waals surface area contributed by atoms with Gasteiger partial charge in [0.2, 0.25) is 0 Å². The molecule has 0 aromatic heterocycles. The maximum atomic E-state index is 12.1. The molecule has 1 N–H and O–H groups in total. The van der Waals surface area contributed by atoms with Crippen LogP contribution in [0, 0.1) is 10.1 Å². The number of nitrogens with one attached hydrogen (secondary N) is 1. The number of amides is 1. The third-order valence-electron chi connectivity index (χ3n) is 2.82. The lowest BCUT2D eigenvalue weighted by Crippen LogP contribution is -2.11. The van der Waals surface area contributed by atoms with Crippen LogP contribution >= 0.6 is 0 Å². The van der Waals surface area contributed by atoms with E-state index in [9.17, 15) is 14.9 Å². The first-order valence-corrected chi connectivity index (χ1v) is 6.49. The second-order valence-corrected chi connectivity index (χ2v) is 4.38. The molecule has 0 heterocycles. The quantitative estimate of drug-likeness (QED) is 0.503. The van der Waals surface area contributed by atoms with E-state index in [2.05, 4.69) is 11.9 Å². The van der Waals surface area contributed by atoms with Crippen LogP contribution in [0.15, 0.2) is 61.2 Å². The van der Waals surface area contributed by atoms with Gasteiger partial charge in [0, 0.05) is 23.4 Å². The molecular formula is C16H14N2O4. The van der Waals surface area contributed by atoms with E-state index in [0.717, 1.165) is 0 Å². The first-order valence-electron chi connectivity index (χ1n) is 6.49. The van der Waals surface area contributed by atoms with Gasteiger partial charge in [-0.3, -0.25) is 14.9 Å². The van der Waals surface area contributed by atoms with Crippen molar-refractivity contribution in [2.45, 2.75) is 0 Å². The number of benzene rings is 2. The Labute approximate surface area is 127 Å². The summed E-state index contributed by atoms with van der Waals surface area (Å²) in [4.78, 5) is 22.1. The number of non-ortho nitro benzene ring substituents is 1. The Morgan fingerprint density at radius 1 is 1.18 bits per heavy atom. The minimum Gasteiger partial charge on any atom is -0.490 e. The van der Waals surface area contributed by atoms with Crippen LogP contribution in [-0.4, -0.2) is 17.4 Å². The second kappa shape index (κ2) is 7.03. The van der Waals surface area contributed by atoms with Crippen LogP contribution in [0.3, 0.4) is 0 Å². The van der Waals surface area contributed by atoms with Crippen molar-refractivity contribution in [2.75, 3.05) is 11.9 Å². The summed E-state index contributed by atoms with van der Waals surface area (Å²) >= 11 is 0. The van der Waals surface area contributed by atoms with Crippen molar-refractivity contribution in [1.29, 1.82) is 0 Å². The molecule has 0 aliphatic rings. The van der Waals surface area contributed by atoms with Gasteiger partial charge in [0.05, 0.1) is 4.92 Å². The number of hydrogen-bond donors (Lipinski definition) is 1. The molecule has 112 valence electrons. The highest BCUT2D eigenvalue weighted by Crippen LogP contribution is 2.17. The van der Waals surface area contributed by atoms with Crippen molar-refractivity contribution in [3.63, 3.8) is 0 Å². The van der Waals surface area contributed by atoms with Gasteiger partial charge in [-0.1, -0.05) is 12.7 Å². The number of nitro groups is 1. The molecule has 0 radical (unpaired) electrons. The Morgan fingerprint density at radius 3 is 2.36 bits per heavy atom. The predicted molar refractivity (Wildman–Crippen MR) is 83.2 cm³/mol. The number of anilines is 1. The van der Waals surface area contributed by atoms with Gasteiger partial charge < -0.3 is 10.1 Å². The van der Waals surface area contributed by atoms with Gasteiger partial charge in [-0.05, 0) is 36.4 Å². The zero-order valence-corrected chi connectivity index (χ0v) is 11.7. The summed E-state index contributed by atoms with van der Waals surface area (Å²) in [6, 6.07) is 12.3. The number of nitrogens with zero attached hydrogens (tertiary/aromatic N) is 1. The molecule has 2 aromatic carbocycles. The van der Waals surface area contributed by atoms with Gasteiger partial charge in [-0.25, -0.2) is 0 Å². The van der Waals surface area contributed by atoms with Crippen LogP contribution in [0.2, 0.25) is 0 Å². The third kappa shape index (κ3) is 3.92. The molecule has 0 saturated carbocycles. The van der Waals surface area contributed by atoms with Crippen LogP contribution < -0.4 is 10.1 Å². The molecule has 2 aromatic rings. The highest BCUT2D eigenvalue weighted by Gasteiger charge is 2.08. The summed E-state index contributed by atoms with van der Waals surface area (Å²) in [5, 5.41) is 13.2. The SMILES string of the molecule is C=CCOc1ccc(C(=O)Nc2ccc([N+](=O)[O-])cc2)cc1. The van der Waals surface area contributed by atoms with E-state index >= 15 is 0 Å². The van der Waals surface area contributed by atoms with E-state index in [1.165, 1.54) is 24.3 Å². The van der Waals surface area contributed by atoms with Crippen LogP contribution in [0.1, 0.15) is 10.4 Å². The first-order chi connectivity index (χ1) is 10.6. The van der Waals surface area contributed by atoms with Crippen LogP contribution in [0.25, 0.3) is 0 Å². The van der Waals surface area contributed by atoms with E-state index in [1.54, 1.807) is 30.3 Å². The number of rotatable bonds is 6. The van der Waals surface area contributed by atoms with Gasteiger partial charge >= 0.3 is 0 Å². The maximum Gasteiger partial charge on any atom is 0.269 e. The number of carbonyl (C=O) groups is 1. The molecule has 0 spiro atoms. The van der Waals surface area contributed by atoms with Crippen molar-refractivity contribution < 1.29 is 14.5 Å².